The third-order valence-electron chi connectivity index (χ3n) is 21.5. The van der Waals surface area contributed by atoms with Gasteiger partial charge in [0.2, 0.25) is 0 Å². The summed E-state index contributed by atoms with van der Waals surface area (Å²) in [6, 6.07) is 32.7. The first-order valence-electron chi connectivity index (χ1n) is 41.2. The van der Waals surface area contributed by atoms with Gasteiger partial charge >= 0.3 is 53.4 Å². The fraction of sp³-hybridized carbons (Fsp3) is 0.404. The molecule has 13 N–H and O–H groups in total. The number of pyridine rings is 4. The number of aromatic nitrogens is 4. The summed E-state index contributed by atoms with van der Waals surface area (Å²) in [4.78, 5) is 132. The molecule has 8 aromatic rings. The number of aliphatic carboxylic acids is 1. The van der Waals surface area contributed by atoms with Gasteiger partial charge in [-0.2, -0.15) is 0 Å². The van der Waals surface area contributed by atoms with E-state index in [0.29, 0.717) is 107 Å². The Morgan fingerprint density at radius 2 is 0.664 bits per heavy atom. The minimum absolute atomic E-state index is 0.217. The number of nitrogen functional groups attached to an aromatic ring is 3. The number of sulfone groups is 4. The Kier molecular flexibility index (Phi) is 34.3. The molecule has 0 radical (unpaired) electrons. The number of hydrogen-bond acceptors (Lipinski definition) is 26. The van der Waals surface area contributed by atoms with Gasteiger partial charge in [0.15, 0.2) is 39.3 Å². The summed E-state index contributed by atoms with van der Waals surface area (Å²) in [6.45, 7) is 22.9. The van der Waals surface area contributed by atoms with E-state index in [1.807, 2.05) is 32.9 Å². The van der Waals surface area contributed by atoms with Crippen LogP contribution in [0.1, 0.15) is 169 Å². The minimum Gasteiger partial charge on any atom is -0.474 e. The van der Waals surface area contributed by atoms with Gasteiger partial charge in [0.05, 0.1) is 85.2 Å². The third-order valence-corrected chi connectivity index (χ3v) is 26.1. The molecule has 12 rings (SSSR count). The van der Waals surface area contributed by atoms with Crippen LogP contribution in [0.25, 0.3) is 0 Å². The lowest BCUT2D eigenvalue weighted by molar-refractivity contribution is -0.147. The number of carboxylic acids is 1. The highest BCUT2D eigenvalue weighted by atomic mass is 32.2. The van der Waals surface area contributed by atoms with Crippen molar-refractivity contribution in [2.24, 2.45) is 23.7 Å². The number of nitrogens with one attached hydrogen (secondary N) is 6. The topological polar surface area (TPSA) is 531 Å². The Balaban J connectivity index is 0.000000201. The predicted octanol–water partition coefficient (Wildman–Crippen LogP) is 10.9. The van der Waals surface area contributed by atoms with E-state index in [2.05, 4.69) is 58.8 Å². The lowest BCUT2D eigenvalue weighted by Gasteiger charge is -2.38. The Labute approximate surface area is 747 Å². The average molecular weight is 1840 g/mol. The van der Waals surface area contributed by atoms with Gasteiger partial charge in [-0.25, -0.2) is 63.2 Å². The second-order valence-corrected chi connectivity index (χ2v) is 42.0. The van der Waals surface area contributed by atoms with Crippen LogP contribution in [0.5, 0.6) is 0 Å². The molecule has 8 atom stereocenters. The van der Waals surface area contributed by atoms with Crippen molar-refractivity contribution in [3.8, 4) is 0 Å². The monoisotopic (exact) mass is 1840 g/mol. The number of amides is 8. The lowest BCUT2D eigenvalue weighted by Crippen LogP contribution is -2.46. The number of nitrogens with two attached hydrogens (primary N) is 3. The largest absolute Gasteiger partial charge is 0.474 e. The predicted molar refractivity (Wildman–Crippen MR) is 487 cm³/mol. The number of ether oxygens (including phenoxy) is 1. The summed E-state index contributed by atoms with van der Waals surface area (Å²) >= 11 is 0. The normalized spacial score (nSPS) is 18.8. The van der Waals surface area contributed by atoms with Crippen LogP contribution in [0.15, 0.2) is 166 Å². The first-order chi connectivity index (χ1) is 59.7. The van der Waals surface area contributed by atoms with E-state index in [0.717, 1.165) is 73.6 Å². The Hall–Kier alpha value is -12.3. The number of rotatable bonds is 13. The van der Waals surface area contributed by atoms with Gasteiger partial charge in [0.25, 0.3) is 0 Å². The number of carbonyl (C=O) groups excluding carboxylic acids is 8. The summed E-state index contributed by atoms with van der Waals surface area (Å²) in [7, 11) is -13.0. The molecule has 0 bridgehead atoms. The Bertz CT molecular complexity index is 5470. The van der Waals surface area contributed by atoms with Crippen molar-refractivity contribution in [3.63, 3.8) is 0 Å². The number of nitrogens with zero attached hydrogens (tertiary/aromatic N) is 7. The number of anilines is 8. The van der Waals surface area contributed by atoms with E-state index < -0.39 is 98.4 Å². The number of aryl methyl sites for hydroxylation is 4. The smallest absolute Gasteiger partial charge is 0.413 e. The minimum atomic E-state index is -3.30. The fourth-order valence-electron chi connectivity index (χ4n) is 14.5. The molecule has 4 aliphatic heterocycles. The average Bonchev–Trinajstić information content (AvgIpc) is 0.802. The first-order valence-corrected chi connectivity index (χ1v) is 48.8. The number of likely N-dealkylation sites (tertiary alicyclic amines) is 3. The molecule has 4 saturated heterocycles. The Morgan fingerprint density at radius 3 is 0.922 bits per heavy atom. The molecule has 128 heavy (non-hydrogen) atoms. The standard InChI is InChI=1S/3C21H26N4O4S.C13H17N3O5.C13H19NO2S/c3*1-13-4-9-18(15-5-7-17(8-6-15)30(3,28)29)25(12-13)21(27)20(26)24-16-10-14(2)19(22)23-11-16;1-7-5-8(15-10(17)11(18)19)6-14-9(7)16-12(20)21-13(2,3)4;1-10-3-8-13(14-9-10)11-4-6-12(7-5-11)17(2,15)16/h3*5-8,10-11,13,18H,4,9,12H2,1-3H3,(H2,22,23)(H,24,26);5-6H,1-4H3,(H,15,17)(H,18,19)(H,14,16,20);4-7,10,13-14H,3,8-9H2,1-2H3/t3*13-,18+;;10-,13+/m100.0/s1. The van der Waals surface area contributed by atoms with E-state index in [4.69, 9.17) is 27.0 Å². The van der Waals surface area contributed by atoms with Gasteiger partial charge in [-0.15, -0.1) is 0 Å². The van der Waals surface area contributed by atoms with E-state index in [1.165, 1.54) is 85.5 Å². The molecule has 4 aliphatic rings. The van der Waals surface area contributed by atoms with Crippen LogP contribution < -0.4 is 49.1 Å². The van der Waals surface area contributed by atoms with Gasteiger partial charge in [-0.3, -0.25) is 38.9 Å². The molecule has 35 nitrogen and oxygen atoms in total. The second-order valence-electron chi connectivity index (χ2n) is 33.9. The zero-order chi connectivity index (χ0) is 94.8. The third kappa shape index (κ3) is 29.4. The highest BCUT2D eigenvalue weighted by Crippen LogP contribution is 2.38. The summed E-state index contributed by atoms with van der Waals surface area (Å²) < 4.78 is 98.1. The van der Waals surface area contributed by atoms with Gasteiger partial charge in [0, 0.05) is 50.7 Å². The lowest BCUT2D eigenvalue weighted by atomic mass is 9.90. The highest BCUT2D eigenvalue weighted by Gasteiger charge is 2.38. The first kappa shape index (κ1) is 101. The van der Waals surface area contributed by atoms with Crippen molar-refractivity contribution >= 4 is 139 Å². The van der Waals surface area contributed by atoms with E-state index in [1.54, 1.807) is 130 Å². The number of carbonyl (C=O) groups is 9. The number of piperidine rings is 4. The van der Waals surface area contributed by atoms with E-state index >= 15 is 0 Å². The fourth-order valence-corrected chi connectivity index (χ4v) is 17.0. The molecule has 8 heterocycles. The molecule has 8 amide bonds. The van der Waals surface area contributed by atoms with Crippen LogP contribution >= 0.6 is 0 Å². The number of hydrogen-bond donors (Lipinski definition) is 10. The number of carboxylic acid groups (broad SMARTS) is 1. The summed E-state index contributed by atoms with van der Waals surface area (Å²) in [5.41, 5.74) is 24.1. The summed E-state index contributed by atoms with van der Waals surface area (Å²) in [5, 5.41) is 24.4. The summed E-state index contributed by atoms with van der Waals surface area (Å²) in [5.74, 6) is -4.02. The van der Waals surface area contributed by atoms with Gasteiger partial charge in [-0.05, 0) is 247 Å². The molecule has 39 heteroatoms. The van der Waals surface area contributed by atoms with Crippen LogP contribution in [0.3, 0.4) is 0 Å². The zero-order valence-corrected chi connectivity index (χ0v) is 77.5. The highest BCUT2D eigenvalue weighted by molar-refractivity contribution is 7.91. The quantitative estimate of drug-likeness (QED) is 0.0479. The van der Waals surface area contributed by atoms with E-state index in [-0.39, 0.29) is 62.1 Å². The van der Waals surface area contributed by atoms with Crippen LogP contribution in [-0.4, -0.2) is 184 Å². The molecule has 0 saturated carbocycles. The van der Waals surface area contributed by atoms with Gasteiger partial charge in [-0.1, -0.05) is 76.2 Å². The maximum Gasteiger partial charge on any atom is 0.413 e. The van der Waals surface area contributed by atoms with Crippen molar-refractivity contribution in [1.29, 1.82) is 0 Å². The molecule has 0 unspecified atom stereocenters. The molecule has 0 spiro atoms. The van der Waals surface area contributed by atoms with Crippen molar-refractivity contribution in [2.45, 2.75) is 177 Å². The second kappa shape index (κ2) is 43.4. The van der Waals surface area contributed by atoms with Crippen molar-refractivity contribution in [2.75, 3.05) is 95.0 Å². The van der Waals surface area contributed by atoms with Crippen molar-refractivity contribution in [3.05, 3.63) is 191 Å². The van der Waals surface area contributed by atoms with Gasteiger partial charge in [0.1, 0.15) is 28.9 Å². The van der Waals surface area contributed by atoms with Crippen LogP contribution in [-0.2, 0) is 82.4 Å². The van der Waals surface area contributed by atoms with Crippen LogP contribution in [0.2, 0.25) is 0 Å². The Morgan fingerprint density at radius 1 is 0.391 bits per heavy atom. The van der Waals surface area contributed by atoms with Crippen molar-refractivity contribution < 1.29 is 86.7 Å². The van der Waals surface area contributed by atoms with Crippen LogP contribution in [0.4, 0.5) is 50.8 Å². The molecular formula is C89H114N16O19S4. The maximum atomic E-state index is 13.0. The van der Waals surface area contributed by atoms with Crippen molar-refractivity contribution in [1.82, 2.24) is 40.0 Å². The van der Waals surface area contributed by atoms with Crippen LogP contribution in [0, 0.1) is 51.4 Å². The van der Waals surface area contributed by atoms with Gasteiger partial charge < -0.3 is 68.3 Å². The zero-order valence-electron chi connectivity index (χ0n) is 74.3. The molecule has 688 valence electrons. The molecule has 4 aromatic carbocycles. The number of benzene rings is 4. The van der Waals surface area contributed by atoms with E-state index in [9.17, 15) is 76.8 Å². The molecule has 4 aromatic heterocycles. The molecule has 0 aliphatic carbocycles. The SMILES string of the molecule is C[C@H]1CC[C@H](c2ccc(S(C)(=O)=O)cc2)NC1.Cc1cc(NC(=O)C(=O)N2C[C@@H](C)CC[C@@H]2c2ccc(S(C)(=O)=O)cc2)cnc1N.Cc1cc(NC(=O)C(=O)N2C[C@@H](C)CC[C@@H]2c2ccc(S(C)(=O)=O)cc2)cnc1N.Cc1cc(NC(=O)C(=O)N2C[C@H](C)CC[C@H]2c2ccc(S(C)(=O)=O)cc2)cnc1N.Cc1cc(NC(=O)C(=O)O)cnc1NC(=O)OC(C)(C)C. The summed E-state index contributed by atoms with van der Waals surface area (Å²) in [6.07, 6.45) is 16.7. The molecular weight excluding hydrogens is 1730 g/mol. The molecule has 4 fully saturated rings. The maximum absolute atomic E-state index is 13.0.